The summed E-state index contributed by atoms with van der Waals surface area (Å²) in [5.74, 6) is 3.32. The Morgan fingerprint density at radius 1 is 0.438 bits per heavy atom. The van der Waals surface area contributed by atoms with Crippen LogP contribution in [0.1, 0.15) is 128 Å². The number of rotatable bonds is 7. The van der Waals surface area contributed by atoms with Gasteiger partial charge >= 0.3 is 0 Å². The third kappa shape index (κ3) is 9.08. The van der Waals surface area contributed by atoms with Crippen molar-refractivity contribution in [1.82, 2.24) is 14.5 Å². The van der Waals surface area contributed by atoms with Gasteiger partial charge in [0.15, 0.2) is 5.82 Å². The third-order valence-corrected chi connectivity index (χ3v) is 15.0. The molecule has 0 spiro atoms. The molecule has 73 heavy (non-hydrogen) atoms. The second-order valence-corrected chi connectivity index (χ2v) is 24.8. The summed E-state index contributed by atoms with van der Waals surface area (Å²) in [6.07, 6.45) is 3.86. The maximum Gasteiger partial charge on any atom is 0.158 e. The van der Waals surface area contributed by atoms with Crippen LogP contribution in [0.2, 0.25) is 0 Å². The Morgan fingerprint density at radius 3 is 1.58 bits per heavy atom. The number of ether oxygens (including phenoxy) is 1. The van der Waals surface area contributed by atoms with Crippen LogP contribution >= 0.6 is 0 Å². The lowest BCUT2D eigenvalue weighted by Crippen LogP contribution is -2.26. The smallest absolute Gasteiger partial charge is 0.158 e. The van der Waals surface area contributed by atoms with Crippen LogP contribution in [0, 0.1) is 27.7 Å². The quantitative estimate of drug-likeness (QED) is 0.159. The molecule has 0 N–H and O–H groups in total. The van der Waals surface area contributed by atoms with Gasteiger partial charge in [0.2, 0.25) is 0 Å². The Labute approximate surface area is 434 Å². The van der Waals surface area contributed by atoms with Crippen molar-refractivity contribution in [2.45, 2.75) is 132 Å². The maximum absolute atomic E-state index is 6.88. The van der Waals surface area contributed by atoms with Crippen LogP contribution < -0.4 is 14.5 Å². The van der Waals surface area contributed by atoms with E-state index in [1.807, 2.05) is 12.4 Å². The second-order valence-electron chi connectivity index (χ2n) is 24.8. The van der Waals surface area contributed by atoms with Crippen LogP contribution in [0.3, 0.4) is 0 Å². The first kappa shape index (κ1) is 49.4. The standard InChI is InChI=1S/C67H73N5O/c1-41-31-46(65(8,9)10)32-42(2)60(41)54-35-48(67(14,15)16)36-55(61-43(3)33-47(34-44(61)4)66(11,12)13)62(54)71-40-70(57-25-20-29-69-63(57)71)49-21-19-22-50(38-49)73-51-26-27-53-52-23-17-18-24-56(52)72(58(53)39-51)59-37-45(28-30-68-59)64(5,6)7/h17-39H,40H2,1-16H3. The first-order chi connectivity index (χ1) is 34.4. The number of aryl methyl sites for hydroxylation is 4. The molecule has 9 aromatic rings. The number of hydrogen-bond acceptors (Lipinski definition) is 5. The molecule has 0 saturated heterocycles. The minimum absolute atomic E-state index is 0.0117. The topological polar surface area (TPSA) is 46.4 Å². The number of benzene rings is 6. The maximum atomic E-state index is 6.88. The van der Waals surface area contributed by atoms with Crippen molar-refractivity contribution < 1.29 is 4.74 Å². The lowest BCUT2D eigenvalue weighted by Gasteiger charge is -2.32. The highest BCUT2D eigenvalue weighted by molar-refractivity contribution is 6.09. The zero-order valence-electron chi connectivity index (χ0n) is 46.1. The van der Waals surface area contributed by atoms with Crippen molar-refractivity contribution in [3.63, 3.8) is 0 Å². The van der Waals surface area contributed by atoms with Crippen LogP contribution in [0.15, 0.2) is 140 Å². The molecule has 0 atom stereocenters. The minimum atomic E-state index is -0.120. The zero-order chi connectivity index (χ0) is 52.1. The highest BCUT2D eigenvalue weighted by atomic mass is 16.5. The second kappa shape index (κ2) is 17.8. The molecule has 10 rings (SSSR count). The van der Waals surface area contributed by atoms with Crippen LogP contribution in [-0.2, 0) is 21.7 Å². The van der Waals surface area contributed by atoms with E-state index in [9.17, 15) is 0 Å². The van der Waals surface area contributed by atoms with Crippen molar-refractivity contribution in [2.75, 3.05) is 16.5 Å². The first-order valence-corrected chi connectivity index (χ1v) is 26.1. The number of para-hydroxylation sites is 1. The van der Waals surface area contributed by atoms with Crippen LogP contribution in [-0.4, -0.2) is 21.2 Å². The van der Waals surface area contributed by atoms with Gasteiger partial charge in [0.25, 0.3) is 0 Å². The first-order valence-electron chi connectivity index (χ1n) is 26.1. The summed E-state index contributed by atoms with van der Waals surface area (Å²) in [7, 11) is 0. The van der Waals surface area contributed by atoms with E-state index in [0.29, 0.717) is 6.67 Å². The van der Waals surface area contributed by atoms with E-state index in [1.54, 1.807) is 0 Å². The van der Waals surface area contributed by atoms with E-state index < -0.39 is 0 Å². The summed E-state index contributed by atoms with van der Waals surface area (Å²) >= 11 is 0. The van der Waals surface area contributed by atoms with Gasteiger partial charge in [0.1, 0.15) is 24.0 Å². The highest BCUT2D eigenvalue weighted by Crippen LogP contribution is 2.53. The monoisotopic (exact) mass is 964 g/mol. The summed E-state index contributed by atoms with van der Waals surface area (Å²) < 4.78 is 9.15. The Morgan fingerprint density at radius 2 is 0.986 bits per heavy atom. The molecule has 0 fully saturated rings. The lowest BCUT2D eigenvalue weighted by atomic mass is 9.77. The molecule has 372 valence electrons. The fourth-order valence-electron chi connectivity index (χ4n) is 11.0. The summed E-state index contributed by atoms with van der Waals surface area (Å²) in [4.78, 5) is 15.0. The summed E-state index contributed by atoms with van der Waals surface area (Å²) in [6, 6.07) is 46.7. The van der Waals surface area contributed by atoms with E-state index in [4.69, 9.17) is 14.7 Å². The normalized spacial score (nSPS) is 13.4. The number of pyridine rings is 2. The van der Waals surface area contributed by atoms with Gasteiger partial charge in [-0.1, -0.05) is 132 Å². The molecular formula is C67H73N5O. The molecule has 4 heterocycles. The number of fused-ring (bicyclic) bond motifs is 4. The molecule has 1 aliphatic heterocycles. The zero-order valence-corrected chi connectivity index (χ0v) is 46.1. The van der Waals surface area contributed by atoms with Crippen molar-refractivity contribution >= 4 is 44.7 Å². The Balaban J connectivity index is 1.12. The van der Waals surface area contributed by atoms with E-state index >= 15 is 0 Å². The molecule has 0 aliphatic carbocycles. The fraction of sp³-hybridized carbons (Fsp3) is 0.313. The van der Waals surface area contributed by atoms with Crippen molar-refractivity contribution in [3.05, 3.63) is 184 Å². The summed E-state index contributed by atoms with van der Waals surface area (Å²) in [5.41, 5.74) is 20.6. The molecule has 0 bridgehead atoms. The van der Waals surface area contributed by atoms with E-state index in [-0.39, 0.29) is 21.7 Å². The molecule has 6 nitrogen and oxygen atoms in total. The molecule has 6 heteroatoms. The SMILES string of the molecule is Cc1cc(C(C)(C)C)cc(C)c1-c1cc(C(C)(C)C)cc(-c2c(C)cc(C(C)(C)C)cc2C)c1N1CN(c2cccc(Oc3ccc4c5ccccc5n(-c5cc(C(C)(C)C)ccn5)c4c3)c2)c2cccnc21. The van der Waals surface area contributed by atoms with Gasteiger partial charge in [-0.25, -0.2) is 9.97 Å². The number of aromatic nitrogens is 3. The van der Waals surface area contributed by atoms with Crippen LogP contribution in [0.5, 0.6) is 11.5 Å². The van der Waals surface area contributed by atoms with Crippen LogP contribution in [0.25, 0.3) is 49.9 Å². The Kier molecular flexibility index (Phi) is 12.0. The van der Waals surface area contributed by atoms with Gasteiger partial charge in [0, 0.05) is 52.1 Å². The summed E-state index contributed by atoms with van der Waals surface area (Å²) in [6.45, 7) is 37.3. The van der Waals surface area contributed by atoms with Gasteiger partial charge in [-0.2, -0.15) is 0 Å². The van der Waals surface area contributed by atoms with Crippen molar-refractivity contribution in [1.29, 1.82) is 0 Å². The summed E-state index contributed by atoms with van der Waals surface area (Å²) in [5, 5.41) is 2.33. The average molecular weight is 964 g/mol. The van der Waals surface area contributed by atoms with Crippen molar-refractivity contribution in [3.8, 4) is 39.6 Å². The highest BCUT2D eigenvalue weighted by Gasteiger charge is 2.35. The van der Waals surface area contributed by atoms with E-state index in [2.05, 4.69) is 253 Å². The van der Waals surface area contributed by atoms with Gasteiger partial charge < -0.3 is 14.5 Å². The number of hydrogen-bond donors (Lipinski definition) is 0. The molecule has 0 radical (unpaired) electrons. The van der Waals surface area contributed by atoms with Crippen molar-refractivity contribution in [2.24, 2.45) is 0 Å². The molecule has 6 aromatic carbocycles. The Bertz CT molecular complexity index is 3480. The van der Waals surface area contributed by atoms with Gasteiger partial charge in [-0.05, 0) is 172 Å². The molecule has 0 unspecified atom stereocenters. The Hall–Kier alpha value is -7.18. The number of anilines is 4. The third-order valence-electron chi connectivity index (χ3n) is 15.0. The molecule has 0 saturated carbocycles. The predicted octanol–water partition coefficient (Wildman–Crippen LogP) is 18.4. The van der Waals surface area contributed by atoms with E-state index in [0.717, 1.165) is 50.9 Å². The molecule has 3 aromatic heterocycles. The van der Waals surface area contributed by atoms with E-state index in [1.165, 1.54) is 77.8 Å². The molecule has 1 aliphatic rings. The van der Waals surface area contributed by atoms with Gasteiger partial charge in [-0.15, -0.1) is 0 Å². The van der Waals surface area contributed by atoms with Crippen LogP contribution in [0.4, 0.5) is 22.9 Å². The molecule has 0 amide bonds. The predicted molar refractivity (Wildman–Crippen MR) is 310 cm³/mol. The van der Waals surface area contributed by atoms with Gasteiger partial charge in [-0.3, -0.25) is 4.57 Å². The largest absolute Gasteiger partial charge is 0.457 e. The lowest BCUT2D eigenvalue weighted by molar-refractivity contribution is 0.483. The minimum Gasteiger partial charge on any atom is -0.457 e. The average Bonchev–Trinajstić information content (AvgIpc) is 3.86. The number of nitrogens with zero attached hydrogens (tertiary/aromatic N) is 5. The van der Waals surface area contributed by atoms with Gasteiger partial charge in [0.05, 0.1) is 22.4 Å². The fourth-order valence-corrected chi connectivity index (χ4v) is 11.0. The molecular weight excluding hydrogens is 891 g/mol.